The second kappa shape index (κ2) is 7.42. The van der Waals surface area contributed by atoms with Crippen LogP contribution in [0.15, 0.2) is 51.4 Å². The lowest BCUT2D eigenvalue weighted by atomic mass is 10.3. The van der Waals surface area contributed by atoms with Gasteiger partial charge in [0.1, 0.15) is 24.7 Å². The average Bonchev–Trinajstić information content (AvgIpc) is 2.47. The Balaban J connectivity index is 1.87. The maximum atomic E-state index is 10.7. The molecular formula is C14H11Br2NO4. The average molecular weight is 417 g/mol. The second-order valence-corrected chi connectivity index (χ2v) is 5.79. The third-order valence-corrected chi connectivity index (χ3v) is 3.73. The summed E-state index contributed by atoms with van der Waals surface area (Å²) in [5.74, 6) is 1.16. The topological polar surface area (TPSA) is 61.6 Å². The van der Waals surface area contributed by atoms with E-state index < -0.39 is 4.92 Å². The van der Waals surface area contributed by atoms with Crippen LogP contribution in [-0.2, 0) is 0 Å². The summed E-state index contributed by atoms with van der Waals surface area (Å²) < 4.78 is 12.6. The second-order valence-electron chi connectivity index (χ2n) is 4.02. The van der Waals surface area contributed by atoms with E-state index in [0.29, 0.717) is 16.8 Å². The molecule has 0 saturated heterocycles. The maximum absolute atomic E-state index is 10.7. The van der Waals surface area contributed by atoms with E-state index in [1.165, 1.54) is 12.1 Å². The largest absolute Gasteiger partial charge is 0.490 e. The highest BCUT2D eigenvalue weighted by atomic mass is 79.9. The van der Waals surface area contributed by atoms with Gasteiger partial charge in [0.15, 0.2) is 0 Å². The van der Waals surface area contributed by atoms with Crippen LogP contribution < -0.4 is 9.47 Å². The Bertz CT molecular complexity index is 631. The van der Waals surface area contributed by atoms with Crippen LogP contribution in [0.2, 0.25) is 0 Å². The van der Waals surface area contributed by atoms with Gasteiger partial charge in [0.25, 0.3) is 5.69 Å². The van der Waals surface area contributed by atoms with Crippen molar-refractivity contribution in [2.75, 3.05) is 13.2 Å². The summed E-state index contributed by atoms with van der Waals surface area (Å²) in [6.45, 7) is 0.632. The summed E-state index contributed by atoms with van der Waals surface area (Å²) in [5.41, 5.74) is -0.0120. The molecule has 0 unspecified atom stereocenters. The van der Waals surface area contributed by atoms with Crippen LogP contribution in [0.5, 0.6) is 11.5 Å². The highest BCUT2D eigenvalue weighted by Crippen LogP contribution is 2.29. The van der Waals surface area contributed by atoms with Gasteiger partial charge in [-0.1, -0.05) is 15.9 Å². The zero-order valence-electron chi connectivity index (χ0n) is 10.8. The first-order valence-corrected chi connectivity index (χ1v) is 7.60. The number of hydrogen-bond donors (Lipinski definition) is 0. The van der Waals surface area contributed by atoms with Gasteiger partial charge in [0, 0.05) is 10.5 Å². The molecule has 0 saturated carbocycles. The van der Waals surface area contributed by atoms with E-state index in [1.807, 2.05) is 24.3 Å². The molecule has 0 aromatic heterocycles. The van der Waals surface area contributed by atoms with Gasteiger partial charge in [-0.3, -0.25) is 10.1 Å². The molecular weight excluding hydrogens is 406 g/mol. The molecule has 0 bridgehead atoms. The Labute approximate surface area is 138 Å². The molecule has 2 rings (SSSR count). The van der Waals surface area contributed by atoms with E-state index in [9.17, 15) is 10.1 Å². The molecule has 0 amide bonds. The van der Waals surface area contributed by atoms with E-state index in [2.05, 4.69) is 31.9 Å². The number of ether oxygens (including phenoxy) is 2. The minimum atomic E-state index is -0.461. The van der Waals surface area contributed by atoms with Crippen molar-refractivity contribution in [3.05, 3.63) is 61.5 Å². The molecule has 0 heterocycles. The van der Waals surface area contributed by atoms with E-state index in [-0.39, 0.29) is 12.3 Å². The van der Waals surface area contributed by atoms with Crippen LogP contribution >= 0.6 is 31.9 Å². The smallest absolute Gasteiger partial charge is 0.273 e. The monoisotopic (exact) mass is 415 g/mol. The molecule has 0 aliphatic heterocycles. The summed E-state index contributed by atoms with van der Waals surface area (Å²) in [5, 5.41) is 10.7. The molecule has 0 fully saturated rings. The Hall–Kier alpha value is -1.60. The molecule has 21 heavy (non-hydrogen) atoms. The zero-order chi connectivity index (χ0) is 15.2. The lowest BCUT2D eigenvalue weighted by Crippen LogP contribution is -2.09. The van der Waals surface area contributed by atoms with Gasteiger partial charge in [-0.05, 0) is 46.3 Å². The van der Waals surface area contributed by atoms with Crippen molar-refractivity contribution in [3.63, 3.8) is 0 Å². The van der Waals surface area contributed by atoms with Gasteiger partial charge in [0.2, 0.25) is 0 Å². The van der Waals surface area contributed by atoms with Crippen LogP contribution in [0, 0.1) is 10.1 Å². The Kier molecular flexibility index (Phi) is 5.58. The number of nitro groups is 1. The number of halogens is 2. The Morgan fingerprint density at radius 1 is 1.00 bits per heavy atom. The van der Waals surface area contributed by atoms with E-state index >= 15 is 0 Å². The van der Waals surface area contributed by atoms with Crippen molar-refractivity contribution in [2.45, 2.75) is 0 Å². The fourth-order valence-electron chi connectivity index (χ4n) is 1.56. The molecule has 110 valence electrons. The van der Waals surface area contributed by atoms with Crippen molar-refractivity contribution in [2.24, 2.45) is 0 Å². The minimum absolute atomic E-state index is 0.0120. The van der Waals surface area contributed by atoms with E-state index in [1.54, 1.807) is 6.07 Å². The first-order chi connectivity index (χ1) is 10.1. The Morgan fingerprint density at radius 3 is 2.33 bits per heavy atom. The number of non-ortho nitro benzene ring substituents is 1. The van der Waals surface area contributed by atoms with Crippen LogP contribution in [-0.4, -0.2) is 18.1 Å². The van der Waals surface area contributed by atoms with Crippen LogP contribution in [0.4, 0.5) is 5.69 Å². The first kappa shape index (κ1) is 15.8. The fourth-order valence-corrected chi connectivity index (χ4v) is 2.18. The summed E-state index contributed by atoms with van der Waals surface area (Å²) in [7, 11) is 0. The molecule has 2 aromatic rings. The van der Waals surface area contributed by atoms with E-state index in [4.69, 9.17) is 9.47 Å². The molecule has 0 aliphatic rings. The molecule has 0 N–H and O–H groups in total. The van der Waals surface area contributed by atoms with Gasteiger partial charge < -0.3 is 9.47 Å². The van der Waals surface area contributed by atoms with Gasteiger partial charge in [-0.2, -0.15) is 0 Å². The SMILES string of the molecule is O=[N+]([O-])c1ccc(Br)c(OCCOc2ccc(Br)cc2)c1. The molecule has 0 radical (unpaired) electrons. The number of nitrogens with zero attached hydrogens (tertiary/aromatic N) is 1. The predicted octanol–water partition coefficient (Wildman–Crippen LogP) is 4.58. The highest BCUT2D eigenvalue weighted by Gasteiger charge is 2.10. The zero-order valence-corrected chi connectivity index (χ0v) is 14.0. The number of nitro benzene ring substituents is 1. The van der Waals surface area contributed by atoms with Crippen molar-refractivity contribution >= 4 is 37.5 Å². The van der Waals surface area contributed by atoms with Crippen LogP contribution in [0.1, 0.15) is 0 Å². The van der Waals surface area contributed by atoms with Crippen molar-refractivity contribution in [1.82, 2.24) is 0 Å². The number of benzene rings is 2. The molecule has 5 nitrogen and oxygen atoms in total. The molecule has 0 aliphatic carbocycles. The molecule has 7 heteroatoms. The lowest BCUT2D eigenvalue weighted by Gasteiger charge is -2.09. The maximum Gasteiger partial charge on any atom is 0.273 e. The summed E-state index contributed by atoms with van der Waals surface area (Å²) in [4.78, 5) is 10.3. The van der Waals surface area contributed by atoms with Crippen molar-refractivity contribution in [1.29, 1.82) is 0 Å². The van der Waals surface area contributed by atoms with Crippen LogP contribution in [0.3, 0.4) is 0 Å². The number of hydrogen-bond acceptors (Lipinski definition) is 4. The summed E-state index contributed by atoms with van der Waals surface area (Å²) in [6, 6.07) is 11.8. The van der Waals surface area contributed by atoms with Crippen molar-refractivity contribution < 1.29 is 14.4 Å². The predicted molar refractivity (Wildman–Crippen MR) is 85.9 cm³/mol. The fraction of sp³-hybridized carbons (Fsp3) is 0.143. The number of rotatable bonds is 6. The molecule has 0 spiro atoms. The van der Waals surface area contributed by atoms with Gasteiger partial charge in [-0.15, -0.1) is 0 Å². The van der Waals surface area contributed by atoms with Gasteiger partial charge in [0.05, 0.1) is 15.5 Å². The van der Waals surface area contributed by atoms with Crippen LogP contribution in [0.25, 0.3) is 0 Å². The molecule has 0 atom stereocenters. The summed E-state index contributed by atoms with van der Waals surface area (Å²) >= 11 is 6.63. The minimum Gasteiger partial charge on any atom is -0.490 e. The molecule has 2 aromatic carbocycles. The highest BCUT2D eigenvalue weighted by molar-refractivity contribution is 9.10. The third-order valence-electron chi connectivity index (χ3n) is 2.55. The van der Waals surface area contributed by atoms with Crippen molar-refractivity contribution in [3.8, 4) is 11.5 Å². The van der Waals surface area contributed by atoms with Gasteiger partial charge >= 0.3 is 0 Å². The van der Waals surface area contributed by atoms with Gasteiger partial charge in [-0.25, -0.2) is 0 Å². The summed E-state index contributed by atoms with van der Waals surface area (Å²) in [6.07, 6.45) is 0. The normalized spacial score (nSPS) is 10.2. The lowest BCUT2D eigenvalue weighted by molar-refractivity contribution is -0.385. The third kappa shape index (κ3) is 4.71. The standard InChI is InChI=1S/C14H11Br2NO4/c15-10-1-4-12(5-2-10)20-7-8-21-14-9-11(17(18)19)3-6-13(14)16/h1-6,9H,7-8H2. The first-order valence-electron chi connectivity index (χ1n) is 6.01. The quantitative estimate of drug-likeness (QED) is 0.393. The Morgan fingerprint density at radius 2 is 1.67 bits per heavy atom. The van der Waals surface area contributed by atoms with E-state index in [0.717, 1.165) is 10.2 Å².